The van der Waals surface area contributed by atoms with Crippen molar-refractivity contribution in [2.24, 2.45) is 5.73 Å². The van der Waals surface area contributed by atoms with Crippen molar-refractivity contribution < 1.29 is 24.5 Å². The molecule has 6 heteroatoms. The molecule has 0 heterocycles. The number of carbonyl (C=O) groups is 2. The molecule has 0 aliphatic heterocycles. The zero-order valence-electron chi connectivity index (χ0n) is 14.1. The van der Waals surface area contributed by atoms with E-state index in [0.717, 1.165) is 17.5 Å². The molecule has 2 aromatic rings. The van der Waals surface area contributed by atoms with Gasteiger partial charge in [-0.25, -0.2) is 0 Å². The molecule has 2 rings (SSSR count). The van der Waals surface area contributed by atoms with Crippen LogP contribution < -0.4 is 10.5 Å². The van der Waals surface area contributed by atoms with Gasteiger partial charge in [0.2, 0.25) is 0 Å². The van der Waals surface area contributed by atoms with Crippen LogP contribution in [0.25, 0.3) is 6.08 Å². The van der Waals surface area contributed by atoms with Gasteiger partial charge < -0.3 is 20.7 Å². The quantitative estimate of drug-likeness (QED) is 0.638. The number of hydrogen-bond acceptors (Lipinski definition) is 4. The van der Waals surface area contributed by atoms with E-state index in [4.69, 9.17) is 20.7 Å². The number of allylic oxidation sites excluding steroid dienone is 1. The third-order valence-corrected chi connectivity index (χ3v) is 3.74. The third-order valence-electron chi connectivity index (χ3n) is 3.74. The van der Waals surface area contributed by atoms with Crippen LogP contribution in [0.4, 0.5) is 0 Å². The summed E-state index contributed by atoms with van der Waals surface area (Å²) < 4.78 is 5.47. The molecule has 0 spiro atoms. The lowest BCUT2D eigenvalue weighted by molar-refractivity contribution is -0.143. The fraction of sp³-hybridized carbons (Fsp3) is 0.200. The largest absolute Gasteiger partial charge is 0.488 e. The molecule has 0 bridgehead atoms. The first-order valence-electron chi connectivity index (χ1n) is 8.13. The van der Waals surface area contributed by atoms with Gasteiger partial charge in [0, 0.05) is 0 Å². The van der Waals surface area contributed by atoms with Gasteiger partial charge in [0.25, 0.3) is 0 Å². The van der Waals surface area contributed by atoms with Crippen molar-refractivity contribution in [2.45, 2.75) is 25.0 Å². The topological polar surface area (TPSA) is 110 Å². The van der Waals surface area contributed by atoms with Gasteiger partial charge in [-0.15, -0.1) is 0 Å². The van der Waals surface area contributed by atoms with Gasteiger partial charge in [-0.3, -0.25) is 9.59 Å². The second kappa shape index (κ2) is 9.39. The van der Waals surface area contributed by atoms with Crippen molar-refractivity contribution in [2.75, 3.05) is 0 Å². The standard InChI is InChI=1S/C20H21NO5/c21-19(20(24)25)17(13-18(22)23)26-16-11-9-15(10-12-16)8-4-7-14-5-2-1-3-6-14/h1-7,9-12,17,19H,8,13,21H2,(H,22,23)(H,24,25)/b7-4+. The smallest absolute Gasteiger partial charge is 0.324 e. The van der Waals surface area contributed by atoms with Crippen molar-refractivity contribution in [1.29, 1.82) is 0 Å². The van der Waals surface area contributed by atoms with Crippen LogP contribution in [-0.4, -0.2) is 34.3 Å². The minimum absolute atomic E-state index is 0.378. The molecule has 2 atom stereocenters. The molecule has 26 heavy (non-hydrogen) atoms. The Morgan fingerprint density at radius 2 is 1.69 bits per heavy atom. The number of rotatable bonds is 9. The second-order valence-electron chi connectivity index (χ2n) is 5.78. The van der Waals surface area contributed by atoms with Crippen molar-refractivity contribution in [3.63, 3.8) is 0 Å². The van der Waals surface area contributed by atoms with Crippen LogP contribution in [0.1, 0.15) is 17.5 Å². The van der Waals surface area contributed by atoms with Crippen LogP contribution in [0, 0.1) is 0 Å². The maximum absolute atomic E-state index is 11.0. The van der Waals surface area contributed by atoms with Gasteiger partial charge in [0.15, 0.2) is 0 Å². The number of benzene rings is 2. The van der Waals surface area contributed by atoms with E-state index in [9.17, 15) is 9.59 Å². The van der Waals surface area contributed by atoms with Gasteiger partial charge in [-0.2, -0.15) is 0 Å². The number of carboxylic acid groups (broad SMARTS) is 2. The summed E-state index contributed by atoms with van der Waals surface area (Å²) in [6, 6.07) is 15.6. The van der Waals surface area contributed by atoms with Crippen molar-refractivity contribution in [1.82, 2.24) is 0 Å². The summed E-state index contributed by atoms with van der Waals surface area (Å²) in [6.45, 7) is 0. The minimum Gasteiger partial charge on any atom is -0.488 e. The highest BCUT2D eigenvalue weighted by molar-refractivity contribution is 5.76. The Morgan fingerprint density at radius 1 is 1.04 bits per heavy atom. The summed E-state index contributed by atoms with van der Waals surface area (Å²) in [5, 5.41) is 17.9. The SMILES string of the molecule is NC(C(=O)O)C(CC(=O)O)Oc1ccc(C/C=C/c2ccccc2)cc1. The van der Waals surface area contributed by atoms with Crippen LogP contribution in [0.3, 0.4) is 0 Å². The number of carboxylic acids is 2. The molecule has 6 nitrogen and oxygen atoms in total. The minimum atomic E-state index is -1.42. The highest BCUT2D eigenvalue weighted by atomic mass is 16.5. The molecule has 0 aromatic heterocycles. The average molecular weight is 355 g/mol. The lowest BCUT2D eigenvalue weighted by atomic mass is 10.1. The third kappa shape index (κ3) is 6.07. The molecule has 2 unspecified atom stereocenters. The van der Waals surface area contributed by atoms with Crippen LogP contribution in [0.5, 0.6) is 5.75 Å². The van der Waals surface area contributed by atoms with Crippen molar-refractivity contribution in [3.05, 3.63) is 71.8 Å². The van der Waals surface area contributed by atoms with E-state index in [0.29, 0.717) is 5.75 Å². The lowest BCUT2D eigenvalue weighted by Gasteiger charge is -2.21. The summed E-state index contributed by atoms with van der Waals surface area (Å²) >= 11 is 0. The van der Waals surface area contributed by atoms with E-state index >= 15 is 0 Å². The predicted molar refractivity (Wildman–Crippen MR) is 97.9 cm³/mol. The number of hydrogen-bond donors (Lipinski definition) is 3. The zero-order chi connectivity index (χ0) is 18.9. The maximum atomic E-state index is 11.0. The molecule has 0 saturated heterocycles. The molecule has 2 aromatic carbocycles. The lowest BCUT2D eigenvalue weighted by Crippen LogP contribution is -2.46. The number of aliphatic carboxylic acids is 2. The highest BCUT2D eigenvalue weighted by Crippen LogP contribution is 2.17. The van der Waals surface area contributed by atoms with Gasteiger partial charge >= 0.3 is 11.9 Å². The van der Waals surface area contributed by atoms with E-state index in [1.54, 1.807) is 12.1 Å². The van der Waals surface area contributed by atoms with Crippen LogP contribution >= 0.6 is 0 Å². The molecule has 0 saturated carbocycles. The van der Waals surface area contributed by atoms with Gasteiger partial charge in [0.05, 0.1) is 6.42 Å². The molecule has 136 valence electrons. The van der Waals surface area contributed by atoms with Crippen LogP contribution in [0.15, 0.2) is 60.7 Å². The van der Waals surface area contributed by atoms with E-state index in [-0.39, 0.29) is 0 Å². The molecule has 0 aliphatic carbocycles. The molecule has 0 aliphatic rings. The Kier molecular flexibility index (Phi) is 6.93. The van der Waals surface area contributed by atoms with Gasteiger partial charge in [0.1, 0.15) is 17.9 Å². The zero-order valence-corrected chi connectivity index (χ0v) is 14.1. The molecule has 4 N–H and O–H groups in total. The molecular formula is C20H21NO5. The molecule has 0 amide bonds. The number of ether oxygens (including phenoxy) is 1. The van der Waals surface area contributed by atoms with E-state index < -0.39 is 30.5 Å². The van der Waals surface area contributed by atoms with Crippen LogP contribution in [0.2, 0.25) is 0 Å². The highest BCUT2D eigenvalue weighted by Gasteiger charge is 2.28. The summed E-state index contributed by atoms with van der Waals surface area (Å²) in [6.07, 6.45) is 3.16. The Hall–Kier alpha value is -3.12. The first-order valence-corrected chi connectivity index (χ1v) is 8.13. The maximum Gasteiger partial charge on any atom is 0.324 e. The van der Waals surface area contributed by atoms with Crippen molar-refractivity contribution >= 4 is 18.0 Å². The molecular weight excluding hydrogens is 334 g/mol. The fourth-order valence-electron chi connectivity index (χ4n) is 2.35. The molecule has 0 radical (unpaired) electrons. The fourth-order valence-corrected chi connectivity index (χ4v) is 2.35. The Labute approximate surface area is 151 Å². The first kappa shape index (κ1) is 19.2. The molecule has 0 fully saturated rings. The summed E-state index contributed by atoms with van der Waals surface area (Å²) in [5.41, 5.74) is 7.67. The first-order chi connectivity index (χ1) is 12.5. The summed E-state index contributed by atoms with van der Waals surface area (Å²) in [4.78, 5) is 21.9. The average Bonchev–Trinajstić information content (AvgIpc) is 2.62. The Bertz CT molecular complexity index is 756. The normalized spacial score (nSPS) is 13.3. The van der Waals surface area contributed by atoms with Crippen LogP contribution in [-0.2, 0) is 16.0 Å². The monoisotopic (exact) mass is 355 g/mol. The van der Waals surface area contributed by atoms with E-state index in [2.05, 4.69) is 0 Å². The predicted octanol–water partition coefficient (Wildman–Crippen LogP) is 2.58. The Morgan fingerprint density at radius 3 is 2.27 bits per heavy atom. The van der Waals surface area contributed by atoms with Gasteiger partial charge in [-0.1, -0.05) is 54.6 Å². The van der Waals surface area contributed by atoms with E-state index in [1.807, 2.05) is 54.6 Å². The second-order valence-corrected chi connectivity index (χ2v) is 5.78. The summed E-state index contributed by atoms with van der Waals surface area (Å²) in [7, 11) is 0. The number of nitrogens with two attached hydrogens (primary N) is 1. The van der Waals surface area contributed by atoms with Crippen molar-refractivity contribution in [3.8, 4) is 5.75 Å². The van der Waals surface area contributed by atoms with E-state index in [1.165, 1.54) is 0 Å². The summed E-state index contributed by atoms with van der Waals surface area (Å²) in [5.74, 6) is -2.10. The Balaban J connectivity index is 1.97. The van der Waals surface area contributed by atoms with Gasteiger partial charge in [-0.05, 0) is 29.7 Å².